The van der Waals surface area contributed by atoms with Crippen LogP contribution in [0.25, 0.3) is 50.6 Å². The Kier molecular flexibility index (Phi) is 9.23. The highest BCUT2D eigenvalue weighted by atomic mass is 16.3. The quantitative estimate of drug-likeness (QED) is 0.267. The lowest BCUT2D eigenvalue weighted by Crippen LogP contribution is -2.43. The van der Waals surface area contributed by atoms with Gasteiger partial charge in [-0.1, -0.05) is 6.07 Å². The van der Waals surface area contributed by atoms with E-state index in [1.165, 1.54) is 0 Å². The summed E-state index contributed by atoms with van der Waals surface area (Å²) in [6.07, 6.45) is 6.73. The molecule has 0 amide bonds. The summed E-state index contributed by atoms with van der Waals surface area (Å²) in [5.74, 6) is 0.620. The summed E-state index contributed by atoms with van der Waals surface area (Å²) in [4.78, 5) is 48.3. The molecule has 2 N–H and O–H groups in total. The smallest absolute Gasteiger partial charge is 0.258 e. The third kappa shape index (κ3) is 6.97. The van der Waals surface area contributed by atoms with Crippen LogP contribution in [0.15, 0.2) is 93.3 Å². The molecule has 7 aromatic heterocycles. The number of aromatic nitrogens is 8. The van der Waals surface area contributed by atoms with Crippen LogP contribution in [-0.2, 0) is 0 Å². The largest absolute Gasteiger partial charge is 0.441 e. The normalized spacial score (nSPS) is 15.1. The third-order valence-corrected chi connectivity index (χ3v) is 10.3. The summed E-state index contributed by atoms with van der Waals surface area (Å²) in [5, 5.41) is 11.3. The van der Waals surface area contributed by atoms with Crippen LogP contribution in [0.3, 0.4) is 0 Å². The fourth-order valence-corrected chi connectivity index (χ4v) is 7.48. The summed E-state index contributed by atoms with van der Waals surface area (Å²) >= 11 is 0. The van der Waals surface area contributed by atoms with Crippen LogP contribution in [0, 0.1) is 20.8 Å². The van der Waals surface area contributed by atoms with E-state index in [0.717, 1.165) is 98.1 Å². The maximum atomic E-state index is 12.9. The first-order valence-corrected chi connectivity index (χ1v) is 19.0. The maximum absolute atomic E-state index is 12.9. The Morgan fingerprint density at radius 3 is 1.98 bits per heavy atom. The van der Waals surface area contributed by atoms with Crippen molar-refractivity contribution in [1.82, 2.24) is 49.0 Å². The van der Waals surface area contributed by atoms with Gasteiger partial charge in [0.05, 0.1) is 45.9 Å². The Balaban J connectivity index is 0.000000147. The molecular weight excluding hydrogens is 709 g/mol. The van der Waals surface area contributed by atoms with Crippen molar-refractivity contribution in [2.24, 2.45) is 0 Å². The lowest BCUT2D eigenvalue weighted by atomic mass is 10.1. The molecule has 0 unspecified atom stereocenters. The zero-order valence-corrected chi connectivity index (χ0v) is 31.6. The van der Waals surface area contributed by atoms with Gasteiger partial charge in [-0.3, -0.25) is 23.4 Å². The van der Waals surface area contributed by atoms with E-state index in [1.54, 1.807) is 25.4 Å². The van der Waals surface area contributed by atoms with Gasteiger partial charge in [0.2, 0.25) is 0 Å². The van der Waals surface area contributed by atoms with Gasteiger partial charge in [0.25, 0.3) is 11.1 Å². The molecule has 284 valence electrons. The van der Waals surface area contributed by atoms with E-state index >= 15 is 0 Å². The average molecular weight is 751 g/mol. The molecule has 2 fully saturated rings. The first-order chi connectivity index (χ1) is 27.3. The molecule has 1 aromatic carbocycles. The number of piperazine rings is 1. The van der Waals surface area contributed by atoms with Crippen molar-refractivity contribution in [3.05, 3.63) is 117 Å². The van der Waals surface area contributed by atoms with E-state index in [4.69, 9.17) is 9.40 Å². The summed E-state index contributed by atoms with van der Waals surface area (Å²) in [6, 6.07) is 18.6. The van der Waals surface area contributed by atoms with Crippen LogP contribution >= 0.6 is 0 Å². The average Bonchev–Trinajstić information content (AvgIpc) is 3.70. The zero-order valence-electron chi connectivity index (χ0n) is 31.6. The number of rotatable bonds is 4. The molecule has 0 spiro atoms. The first-order valence-electron chi connectivity index (χ1n) is 19.0. The van der Waals surface area contributed by atoms with Crippen molar-refractivity contribution in [3.8, 4) is 22.6 Å². The van der Waals surface area contributed by atoms with E-state index in [2.05, 4.69) is 40.5 Å². The first kappa shape index (κ1) is 35.3. The molecule has 56 heavy (non-hydrogen) atoms. The molecule has 0 atom stereocenters. The molecule has 15 heteroatoms. The molecule has 15 nitrogen and oxygen atoms in total. The Morgan fingerprint density at radius 1 is 0.625 bits per heavy atom. The van der Waals surface area contributed by atoms with Gasteiger partial charge in [-0.05, 0) is 69.3 Å². The van der Waals surface area contributed by atoms with Crippen molar-refractivity contribution < 1.29 is 4.42 Å². The molecule has 2 saturated heterocycles. The number of benzene rings is 1. The lowest BCUT2D eigenvalue weighted by molar-refractivity contribution is 0.561. The highest BCUT2D eigenvalue weighted by molar-refractivity contribution is 5.79. The number of pyridine rings is 2. The highest BCUT2D eigenvalue weighted by Gasteiger charge is 2.16. The van der Waals surface area contributed by atoms with Gasteiger partial charge < -0.3 is 24.9 Å². The van der Waals surface area contributed by atoms with Crippen LogP contribution in [0.2, 0.25) is 0 Å². The minimum Gasteiger partial charge on any atom is -0.441 e. The number of nitrogens with zero attached hydrogens (tertiary/aromatic N) is 10. The molecule has 0 saturated carbocycles. The van der Waals surface area contributed by atoms with Crippen molar-refractivity contribution in [2.45, 2.75) is 27.2 Å². The zero-order chi connectivity index (χ0) is 38.3. The number of anilines is 2. The van der Waals surface area contributed by atoms with E-state index in [9.17, 15) is 9.59 Å². The number of hydrogen-bond donors (Lipinski definition) is 2. The summed E-state index contributed by atoms with van der Waals surface area (Å²) < 4.78 is 10.6. The maximum Gasteiger partial charge on any atom is 0.258 e. The molecule has 2 aliphatic rings. The van der Waals surface area contributed by atoms with Crippen LogP contribution in [-0.4, -0.2) is 90.7 Å². The van der Waals surface area contributed by atoms with Gasteiger partial charge in [-0.15, -0.1) is 0 Å². The summed E-state index contributed by atoms with van der Waals surface area (Å²) in [6.45, 7) is 13.4. The van der Waals surface area contributed by atoms with Gasteiger partial charge in [-0.25, -0.2) is 19.5 Å². The predicted molar refractivity (Wildman–Crippen MR) is 217 cm³/mol. The van der Waals surface area contributed by atoms with Gasteiger partial charge in [-0.2, -0.15) is 5.10 Å². The van der Waals surface area contributed by atoms with Crippen LogP contribution < -0.4 is 31.6 Å². The number of nitrogens with one attached hydrogen (secondary N) is 2. The lowest BCUT2D eigenvalue weighted by Gasteiger charge is -2.29. The molecule has 9 heterocycles. The van der Waals surface area contributed by atoms with E-state index in [-0.39, 0.29) is 11.1 Å². The molecular formula is C41H42N12O3. The number of aryl methyl sites for hydroxylation is 3. The third-order valence-electron chi connectivity index (χ3n) is 10.3. The molecule has 0 radical (unpaired) electrons. The Bertz CT molecular complexity index is 2860. The molecule has 2 aliphatic heterocycles. The van der Waals surface area contributed by atoms with Crippen molar-refractivity contribution in [3.63, 3.8) is 0 Å². The fourth-order valence-electron chi connectivity index (χ4n) is 7.48. The monoisotopic (exact) mass is 750 g/mol. The standard InChI is InChI=1S/C21H23N7O.C20H19N5O2/c1-14-12-28-19(15(2)23-14)10-18(25-28)17-11-21(29)27-13-16(4-5-20(27)24-17)26-8-3-6-22-7-9-26;1-13-22-16-4-2-14(10-18(16)27-13)17-11-20(26)25-12-15(3-5-19(25)23-17)24-8-6-21-7-9-24/h4-5,10-13,22H,3,6-9H2,1-2H3;2-5,10-12,21H,6-9H2,1H3. The minimum absolute atomic E-state index is 0.0965. The van der Waals surface area contributed by atoms with Gasteiger partial charge in [0.1, 0.15) is 22.5 Å². The van der Waals surface area contributed by atoms with Crippen molar-refractivity contribution in [2.75, 3.05) is 62.2 Å². The van der Waals surface area contributed by atoms with Crippen LogP contribution in [0.4, 0.5) is 11.4 Å². The van der Waals surface area contributed by atoms with Gasteiger partial charge in [0, 0.05) is 82.8 Å². The van der Waals surface area contributed by atoms with Crippen LogP contribution in [0.1, 0.15) is 23.7 Å². The van der Waals surface area contributed by atoms with E-state index in [1.807, 2.05) is 87.9 Å². The van der Waals surface area contributed by atoms with Gasteiger partial charge >= 0.3 is 0 Å². The second kappa shape index (κ2) is 14.7. The van der Waals surface area contributed by atoms with E-state index < -0.39 is 0 Å². The fraction of sp³-hybridized carbons (Fsp3) is 0.293. The minimum atomic E-state index is -0.108. The Labute approximate surface area is 321 Å². The molecule has 0 bridgehead atoms. The Hall–Kier alpha value is -6.45. The molecule has 10 rings (SSSR count). The molecule has 8 aromatic rings. The number of oxazole rings is 1. The van der Waals surface area contributed by atoms with Crippen LogP contribution in [0.5, 0.6) is 0 Å². The summed E-state index contributed by atoms with van der Waals surface area (Å²) in [5.41, 5.74) is 10.0. The topological polar surface area (TPSA) is 155 Å². The number of fused-ring (bicyclic) bond motifs is 4. The van der Waals surface area contributed by atoms with E-state index in [0.29, 0.717) is 39.8 Å². The van der Waals surface area contributed by atoms with Gasteiger partial charge in [0.15, 0.2) is 11.5 Å². The van der Waals surface area contributed by atoms with Crippen molar-refractivity contribution in [1.29, 1.82) is 0 Å². The predicted octanol–water partition coefficient (Wildman–Crippen LogP) is 4.04. The summed E-state index contributed by atoms with van der Waals surface area (Å²) in [7, 11) is 0. The second-order valence-corrected chi connectivity index (χ2v) is 14.3. The SMILES string of the molecule is Cc1cn2nc(-c3cc(=O)n4cc(N5CCCNCC5)ccc4n3)cc2c(C)n1.Cc1nc2ccc(-c3cc(=O)n4cc(N5CCNCC5)ccc4n3)cc2o1. The highest BCUT2D eigenvalue weighted by Crippen LogP contribution is 2.25. The Morgan fingerprint density at radius 2 is 1.27 bits per heavy atom. The second-order valence-electron chi connectivity index (χ2n) is 14.3. The van der Waals surface area contributed by atoms with Crippen molar-refractivity contribution >= 4 is 39.3 Å². The molecule has 0 aliphatic carbocycles. The number of hydrogen-bond acceptors (Lipinski definition) is 12.